The second-order valence-corrected chi connectivity index (χ2v) is 0. The Bertz CT molecular complexity index is 8.00. The molecule has 23 valence electrons. The van der Waals surface area contributed by atoms with Crippen LogP contribution in [0.2, 0.25) is 0 Å². The molecule has 0 aromatic rings. The van der Waals surface area contributed by atoms with Crippen LogP contribution in [0.5, 0.6) is 0 Å². The van der Waals surface area contributed by atoms with E-state index in [1.807, 2.05) is 0 Å². The van der Waals surface area contributed by atoms with Gasteiger partial charge in [0.25, 0.3) is 0 Å². The van der Waals surface area contributed by atoms with Gasteiger partial charge in [-0.1, -0.05) is 0 Å². The molecule has 0 aliphatic carbocycles. The fourth-order valence-corrected chi connectivity index (χ4v) is 0. The van der Waals surface area contributed by atoms with Crippen LogP contribution in [0.1, 0.15) is 0 Å². The molecule has 0 heterocycles. The van der Waals surface area contributed by atoms with E-state index in [0.717, 1.165) is 0 Å². The molecule has 1 radical (unpaired) electrons. The van der Waals surface area contributed by atoms with E-state index in [1.54, 1.807) is 0 Å². The second-order valence-electron chi connectivity index (χ2n) is 0. The van der Waals surface area contributed by atoms with E-state index >= 15 is 0 Å². The summed E-state index contributed by atoms with van der Waals surface area (Å²) >= 11 is 0. The topological polar surface area (TPSA) is 0 Å². The Balaban J connectivity index is 0. The van der Waals surface area contributed by atoms with Gasteiger partial charge >= 0.3 is 0 Å². The van der Waals surface area contributed by atoms with E-state index in [1.165, 1.54) is 0 Å². The van der Waals surface area contributed by atoms with Crippen LogP contribution >= 0.6 is 13.5 Å². The largest absolute Gasteiger partial charge is 0.197 e. The van der Waals surface area contributed by atoms with Gasteiger partial charge in [0, 0.05) is 61.3 Å². The van der Waals surface area contributed by atoms with E-state index in [2.05, 4.69) is 0 Å². The number of rotatable bonds is 0. The van der Waals surface area contributed by atoms with Crippen molar-refractivity contribution in [2.75, 3.05) is 0 Å². The van der Waals surface area contributed by atoms with Crippen molar-refractivity contribution in [3.05, 3.63) is 0 Å². The molecule has 0 N–H and O–H groups in total. The fourth-order valence-electron chi connectivity index (χ4n) is 0. The van der Waals surface area contributed by atoms with E-state index in [-0.39, 0.29) is 74.8 Å². The third-order valence-corrected chi connectivity index (χ3v) is 0. The maximum atomic E-state index is 0. The van der Waals surface area contributed by atoms with Gasteiger partial charge in [-0.15, -0.1) is 0 Å². The maximum absolute atomic E-state index is 0. The van der Waals surface area contributed by atoms with Crippen LogP contribution in [-0.2, 0) is 61.3 Å². The van der Waals surface area contributed by atoms with Gasteiger partial charge in [0.1, 0.15) is 0 Å². The Labute approximate surface area is 74.0 Å². The van der Waals surface area contributed by atoms with Gasteiger partial charge in [-0.25, -0.2) is 0 Å². The van der Waals surface area contributed by atoms with Crippen LogP contribution in [0.25, 0.3) is 0 Å². The predicted octanol–water partition coefficient (Wildman–Crippen LogP) is 0.105. The van der Waals surface area contributed by atoms with Crippen LogP contribution in [0.15, 0.2) is 0 Å². The van der Waals surface area contributed by atoms with Crippen LogP contribution in [0.4, 0.5) is 0 Å². The molecule has 4 heteroatoms. The quantitative estimate of drug-likeness (QED) is 0.517. The third-order valence-electron chi connectivity index (χ3n) is 0. The molecule has 0 amide bonds. The number of hydrogen-bond donors (Lipinski definition) is 0. The average molecular weight is 229 g/mol. The Morgan fingerprint density at radius 2 is 1.00 bits per heavy atom. The summed E-state index contributed by atoms with van der Waals surface area (Å²) in [6.45, 7) is 0. The first-order valence-corrected chi connectivity index (χ1v) is 0. The van der Waals surface area contributed by atoms with Crippen LogP contribution in [-0.4, -0.2) is 0 Å². The molecule has 0 fully saturated rings. The van der Waals surface area contributed by atoms with Gasteiger partial charge in [0.05, 0.1) is 0 Å². The Hall–Kier alpha value is 2.34. The smallest absolute Gasteiger partial charge is 0 e. The zero-order valence-electron chi connectivity index (χ0n) is 1.86. The molecule has 0 aliphatic rings. The molecule has 0 aromatic heterocycles. The summed E-state index contributed by atoms with van der Waals surface area (Å²) in [4.78, 5) is 0. The van der Waals surface area contributed by atoms with Crippen LogP contribution in [0, 0.1) is 0 Å². The monoisotopic (exact) mass is 231 g/mol. The zero-order chi connectivity index (χ0) is 0. The average Bonchev–Trinajstić information content (AvgIpc) is 0. The molecule has 0 unspecified atom stereocenters. The molecular formula is H2MoSTiV. The third kappa shape index (κ3) is 8.84. The first-order chi connectivity index (χ1) is 0. The zero-order valence-corrected chi connectivity index (χ0v) is 7.82. The summed E-state index contributed by atoms with van der Waals surface area (Å²) < 4.78 is 0. The van der Waals surface area contributed by atoms with Gasteiger partial charge in [-0.3, -0.25) is 0 Å². The maximum Gasteiger partial charge on any atom is 0 e. The van der Waals surface area contributed by atoms with Crippen molar-refractivity contribution in [3.63, 3.8) is 0 Å². The Kier molecular flexibility index (Phi) is 152. The SMILES string of the molecule is S.[Mo].[Ti].[V]. The second kappa shape index (κ2) is 18.4. The normalized spacial score (nSPS) is 0. The first-order valence-electron chi connectivity index (χ1n) is 0. The van der Waals surface area contributed by atoms with E-state index in [4.69, 9.17) is 0 Å². The molecule has 0 saturated heterocycles. The first kappa shape index (κ1) is 33.0. The van der Waals surface area contributed by atoms with Crippen LogP contribution < -0.4 is 0 Å². The molecular weight excluding hydrogens is 227 g/mol. The van der Waals surface area contributed by atoms with E-state index in [9.17, 15) is 0 Å². The summed E-state index contributed by atoms with van der Waals surface area (Å²) in [5, 5.41) is 0. The van der Waals surface area contributed by atoms with Crippen molar-refractivity contribution in [2.24, 2.45) is 0 Å². The predicted molar refractivity (Wildman–Crippen MR) is 10.4 cm³/mol. The van der Waals surface area contributed by atoms with Gasteiger partial charge in [0.2, 0.25) is 0 Å². The van der Waals surface area contributed by atoms with Crippen molar-refractivity contribution >= 4 is 13.5 Å². The molecule has 0 saturated carbocycles. The van der Waals surface area contributed by atoms with Crippen molar-refractivity contribution in [1.82, 2.24) is 0 Å². The summed E-state index contributed by atoms with van der Waals surface area (Å²) in [6, 6.07) is 0. The van der Waals surface area contributed by atoms with Crippen molar-refractivity contribution in [1.29, 1.82) is 0 Å². The molecule has 0 nitrogen and oxygen atoms in total. The molecule has 4 heavy (non-hydrogen) atoms. The molecule has 0 bridgehead atoms. The van der Waals surface area contributed by atoms with Gasteiger partial charge in [-0.2, -0.15) is 13.5 Å². The number of hydrogen-bond acceptors (Lipinski definition) is 0. The standard InChI is InChI=1S/Mo.H2S.Ti.V/h;1H2;;. The minimum atomic E-state index is 0. The summed E-state index contributed by atoms with van der Waals surface area (Å²) in [5.74, 6) is 0. The Morgan fingerprint density at radius 3 is 1.00 bits per heavy atom. The molecule has 0 spiro atoms. The van der Waals surface area contributed by atoms with E-state index < -0.39 is 0 Å². The summed E-state index contributed by atoms with van der Waals surface area (Å²) in [5.41, 5.74) is 0. The van der Waals surface area contributed by atoms with Gasteiger partial charge in [0.15, 0.2) is 0 Å². The summed E-state index contributed by atoms with van der Waals surface area (Å²) in [7, 11) is 0. The van der Waals surface area contributed by atoms with Crippen molar-refractivity contribution in [3.8, 4) is 0 Å². The van der Waals surface area contributed by atoms with Crippen LogP contribution in [0.3, 0.4) is 0 Å². The van der Waals surface area contributed by atoms with Gasteiger partial charge < -0.3 is 0 Å². The minimum Gasteiger partial charge on any atom is -0.197 e. The summed E-state index contributed by atoms with van der Waals surface area (Å²) in [6.07, 6.45) is 0. The molecule has 0 aromatic carbocycles. The Morgan fingerprint density at radius 1 is 1.00 bits per heavy atom. The molecule has 0 atom stereocenters. The molecule has 0 rings (SSSR count). The minimum absolute atomic E-state index is 0. The van der Waals surface area contributed by atoms with Crippen molar-refractivity contribution < 1.29 is 61.3 Å². The van der Waals surface area contributed by atoms with E-state index in [0.29, 0.717) is 0 Å². The molecule has 0 aliphatic heterocycles. The fraction of sp³-hybridized carbons (Fsp3) is 0. The van der Waals surface area contributed by atoms with Gasteiger partial charge in [-0.05, 0) is 0 Å². The van der Waals surface area contributed by atoms with Crippen molar-refractivity contribution in [2.45, 2.75) is 0 Å².